The van der Waals surface area contributed by atoms with Crippen LogP contribution in [0, 0.1) is 0 Å². The Morgan fingerprint density at radius 3 is 2.71 bits per heavy atom. The third-order valence-electron chi connectivity index (χ3n) is 3.63. The molecule has 1 saturated heterocycles. The molecule has 1 N–H and O–H groups in total. The molecule has 0 saturated carbocycles. The molecule has 2 aromatic rings. The summed E-state index contributed by atoms with van der Waals surface area (Å²) >= 11 is 9.13. The predicted octanol–water partition coefficient (Wildman–Crippen LogP) is 3.97. The summed E-state index contributed by atoms with van der Waals surface area (Å²) in [4.78, 5) is 22.3. The molecule has 8 heteroatoms. The van der Waals surface area contributed by atoms with Crippen molar-refractivity contribution in [3.05, 3.63) is 46.2 Å². The lowest BCUT2D eigenvalue weighted by molar-refractivity contribution is 0.0983. The minimum absolute atomic E-state index is 0.115. The highest BCUT2D eigenvalue weighted by molar-refractivity contribution is 9.10. The van der Waals surface area contributed by atoms with Crippen LogP contribution in [0.2, 0.25) is 5.02 Å². The van der Waals surface area contributed by atoms with Gasteiger partial charge in [-0.2, -0.15) is 0 Å². The Kier molecular flexibility index (Phi) is 5.52. The number of nitrogens with zero attached hydrogens (tertiary/aromatic N) is 3. The number of amides is 2. The first-order chi connectivity index (χ1) is 11.6. The Morgan fingerprint density at radius 2 is 2.00 bits per heavy atom. The Hall–Kier alpha value is -1.86. The van der Waals surface area contributed by atoms with Gasteiger partial charge in [-0.25, -0.2) is 14.8 Å². The molecule has 0 spiro atoms. The molecular formula is C16H16BrClN4O2. The number of nitrogens with one attached hydrogen (secondary N) is 1. The predicted molar refractivity (Wildman–Crippen MR) is 95.4 cm³/mol. The molecule has 1 aliphatic heterocycles. The van der Waals surface area contributed by atoms with Crippen molar-refractivity contribution >= 4 is 39.2 Å². The zero-order valence-electron chi connectivity index (χ0n) is 12.8. The highest BCUT2D eigenvalue weighted by atomic mass is 79.9. The summed E-state index contributed by atoms with van der Waals surface area (Å²) in [5.41, 5.74) is 0.712. The van der Waals surface area contributed by atoms with E-state index in [0.29, 0.717) is 29.8 Å². The number of hydrogen-bond acceptors (Lipinski definition) is 4. The molecule has 2 heterocycles. The minimum Gasteiger partial charge on any atom is -0.458 e. The Bertz CT molecular complexity index is 696. The first-order valence-corrected chi connectivity index (χ1v) is 8.73. The Labute approximate surface area is 153 Å². The van der Waals surface area contributed by atoms with Gasteiger partial charge in [-0.15, -0.1) is 0 Å². The van der Waals surface area contributed by atoms with Crippen molar-refractivity contribution in [3.63, 3.8) is 0 Å². The summed E-state index contributed by atoms with van der Waals surface area (Å²) in [6.07, 6.45) is 4.89. The second-order valence-electron chi connectivity index (χ2n) is 5.45. The standard InChI is InChI=1S/C16H16BrClN4O2/c17-11-8-19-15(20-9-11)24-14-2-1-7-22(10-14)16(23)21-13-5-3-12(18)4-6-13/h3-6,8-9,14H,1-2,7,10H2,(H,21,23). The monoisotopic (exact) mass is 410 g/mol. The van der Waals surface area contributed by atoms with Gasteiger partial charge in [-0.1, -0.05) is 11.6 Å². The second-order valence-corrected chi connectivity index (χ2v) is 6.80. The molecule has 0 radical (unpaired) electrons. The largest absolute Gasteiger partial charge is 0.458 e. The van der Waals surface area contributed by atoms with Crippen molar-refractivity contribution in [3.8, 4) is 6.01 Å². The summed E-state index contributed by atoms with van der Waals surface area (Å²) < 4.78 is 6.57. The van der Waals surface area contributed by atoms with Crippen molar-refractivity contribution in [2.45, 2.75) is 18.9 Å². The minimum atomic E-state index is -0.151. The molecule has 24 heavy (non-hydrogen) atoms. The number of aromatic nitrogens is 2. The summed E-state index contributed by atoms with van der Waals surface area (Å²) in [5.74, 6) is 0. The quantitative estimate of drug-likeness (QED) is 0.830. The van der Waals surface area contributed by atoms with E-state index >= 15 is 0 Å². The van der Waals surface area contributed by atoms with Crippen molar-refractivity contribution in [2.75, 3.05) is 18.4 Å². The molecule has 6 nitrogen and oxygen atoms in total. The number of ether oxygens (including phenoxy) is 1. The normalized spacial score (nSPS) is 17.4. The molecule has 1 atom stereocenters. The van der Waals surface area contributed by atoms with Gasteiger partial charge in [0.2, 0.25) is 0 Å². The van der Waals surface area contributed by atoms with Crippen LogP contribution in [0.5, 0.6) is 6.01 Å². The van der Waals surface area contributed by atoms with Crippen LogP contribution in [-0.4, -0.2) is 40.1 Å². The first-order valence-electron chi connectivity index (χ1n) is 7.56. The van der Waals surface area contributed by atoms with E-state index in [4.69, 9.17) is 16.3 Å². The molecular weight excluding hydrogens is 396 g/mol. The number of benzene rings is 1. The lowest BCUT2D eigenvalue weighted by Gasteiger charge is -2.32. The van der Waals surface area contributed by atoms with E-state index in [9.17, 15) is 4.79 Å². The smallest absolute Gasteiger partial charge is 0.321 e. The lowest BCUT2D eigenvalue weighted by atomic mass is 10.1. The van der Waals surface area contributed by atoms with Crippen molar-refractivity contribution in [2.24, 2.45) is 0 Å². The lowest BCUT2D eigenvalue weighted by Crippen LogP contribution is -2.46. The van der Waals surface area contributed by atoms with Crippen LogP contribution in [-0.2, 0) is 0 Å². The van der Waals surface area contributed by atoms with E-state index in [1.54, 1.807) is 41.6 Å². The molecule has 1 unspecified atom stereocenters. The highest BCUT2D eigenvalue weighted by Crippen LogP contribution is 2.18. The van der Waals surface area contributed by atoms with E-state index in [2.05, 4.69) is 31.2 Å². The van der Waals surface area contributed by atoms with Crippen LogP contribution >= 0.6 is 27.5 Å². The average molecular weight is 412 g/mol. The van der Waals surface area contributed by atoms with Gasteiger partial charge in [0.1, 0.15) is 6.10 Å². The molecule has 3 rings (SSSR count). The highest BCUT2D eigenvalue weighted by Gasteiger charge is 2.25. The number of hydrogen-bond donors (Lipinski definition) is 1. The van der Waals surface area contributed by atoms with Gasteiger partial charge in [-0.05, 0) is 53.0 Å². The van der Waals surface area contributed by atoms with Gasteiger partial charge in [0.25, 0.3) is 0 Å². The van der Waals surface area contributed by atoms with E-state index in [0.717, 1.165) is 17.3 Å². The third-order valence-corrected chi connectivity index (χ3v) is 4.29. The van der Waals surface area contributed by atoms with Gasteiger partial charge in [0.15, 0.2) is 0 Å². The number of carbonyl (C=O) groups excluding carboxylic acids is 1. The second kappa shape index (κ2) is 7.81. The van der Waals surface area contributed by atoms with Gasteiger partial charge < -0.3 is 15.0 Å². The van der Waals surface area contributed by atoms with Crippen LogP contribution in [0.4, 0.5) is 10.5 Å². The van der Waals surface area contributed by atoms with E-state index in [-0.39, 0.29) is 12.1 Å². The summed E-state index contributed by atoms with van der Waals surface area (Å²) in [6, 6.07) is 7.20. The van der Waals surface area contributed by atoms with Crippen LogP contribution in [0.3, 0.4) is 0 Å². The number of anilines is 1. The van der Waals surface area contributed by atoms with Gasteiger partial charge in [-0.3, -0.25) is 0 Å². The van der Waals surface area contributed by atoms with Crippen LogP contribution in [0.15, 0.2) is 41.1 Å². The van der Waals surface area contributed by atoms with Gasteiger partial charge in [0.05, 0.1) is 11.0 Å². The number of likely N-dealkylation sites (tertiary alicyclic amines) is 1. The number of carbonyl (C=O) groups is 1. The summed E-state index contributed by atoms with van der Waals surface area (Å²) in [6.45, 7) is 1.19. The fourth-order valence-corrected chi connectivity index (χ4v) is 2.80. The maximum Gasteiger partial charge on any atom is 0.321 e. The Balaban J connectivity index is 1.57. The van der Waals surface area contributed by atoms with E-state index in [1.807, 2.05) is 0 Å². The van der Waals surface area contributed by atoms with Gasteiger partial charge in [0, 0.05) is 29.6 Å². The third kappa shape index (κ3) is 4.58. The number of piperidine rings is 1. The molecule has 2 amide bonds. The fraction of sp³-hybridized carbons (Fsp3) is 0.312. The van der Waals surface area contributed by atoms with E-state index < -0.39 is 0 Å². The van der Waals surface area contributed by atoms with Gasteiger partial charge >= 0.3 is 12.0 Å². The first kappa shape index (κ1) is 17.0. The molecule has 1 fully saturated rings. The maximum atomic E-state index is 12.4. The Morgan fingerprint density at radius 1 is 1.29 bits per heavy atom. The van der Waals surface area contributed by atoms with Crippen LogP contribution in [0.25, 0.3) is 0 Å². The zero-order chi connectivity index (χ0) is 16.9. The molecule has 1 aromatic heterocycles. The summed E-state index contributed by atoms with van der Waals surface area (Å²) in [7, 11) is 0. The van der Waals surface area contributed by atoms with Crippen molar-refractivity contribution in [1.82, 2.24) is 14.9 Å². The zero-order valence-corrected chi connectivity index (χ0v) is 15.1. The fourth-order valence-electron chi connectivity index (χ4n) is 2.46. The van der Waals surface area contributed by atoms with Crippen LogP contribution in [0.1, 0.15) is 12.8 Å². The molecule has 0 aliphatic carbocycles. The van der Waals surface area contributed by atoms with Crippen molar-refractivity contribution in [1.29, 1.82) is 0 Å². The molecule has 1 aliphatic rings. The average Bonchev–Trinajstić information content (AvgIpc) is 2.59. The molecule has 1 aromatic carbocycles. The summed E-state index contributed by atoms with van der Waals surface area (Å²) in [5, 5.41) is 3.50. The van der Waals surface area contributed by atoms with Crippen molar-refractivity contribution < 1.29 is 9.53 Å². The SMILES string of the molecule is O=C(Nc1ccc(Cl)cc1)N1CCCC(Oc2ncc(Br)cn2)C1. The van der Waals surface area contributed by atoms with E-state index in [1.165, 1.54) is 0 Å². The number of halogens is 2. The molecule has 126 valence electrons. The molecule has 0 bridgehead atoms. The maximum absolute atomic E-state index is 12.4. The topological polar surface area (TPSA) is 67.4 Å². The van der Waals surface area contributed by atoms with Crippen LogP contribution < -0.4 is 10.1 Å². The number of urea groups is 1. The number of rotatable bonds is 3.